The fourth-order valence-corrected chi connectivity index (χ4v) is 3.25. The van der Waals surface area contributed by atoms with Crippen LogP contribution in [0.4, 0.5) is 5.69 Å². The van der Waals surface area contributed by atoms with Crippen molar-refractivity contribution >= 4 is 16.6 Å². The molecule has 2 aromatic heterocycles. The first-order valence-corrected chi connectivity index (χ1v) is 8.81. The van der Waals surface area contributed by atoms with Gasteiger partial charge in [0.1, 0.15) is 11.5 Å². The number of nitrogens with one attached hydrogen (secondary N) is 1. The molecule has 0 spiro atoms. The zero-order valence-corrected chi connectivity index (χ0v) is 15.1. The summed E-state index contributed by atoms with van der Waals surface area (Å²) >= 11 is 0. The Bertz CT molecular complexity index is 1040. The highest BCUT2D eigenvalue weighted by molar-refractivity contribution is 5.92. The Kier molecular flexibility index (Phi) is 4.66. The fraction of sp³-hybridized carbons (Fsp3) is 0.136. The van der Waals surface area contributed by atoms with Gasteiger partial charge < -0.3 is 19.7 Å². The third kappa shape index (κ3) is 3.58. The molecule has 0 unspecified atom stereocenters. The third-order valence-electron chi connectivity index (χ3n) is 4.63. The summed E-state index contributed by atoms with van der Waals surface area (Å²) in [5.74, 6) is 0.973. The first-order valence-electron chi connectivity index (χ1n) is 8.81. The molecular formula is C22H21N3O2. The van der Waals surface area contributed by atoms with Gasteiger partial charge in [-0.3, -0.25) is 4.98 Å². The van der Waals surface area contributed by atoms with Gasteiger partial charge in [-0.25, -0.2) is 0 Å². The van der Waals surface area contributed by atoms with Crippen LogP contribution in [-0.2, 0) is 13.1 Å². The molecule has 0 amide bonds. The minimum Gasteiger partial charge on any atom is -0.508 e. The molecule has 0 radical (unpaired) electrons. The highest BCUT2D eigenvalue weighted by Gasteiger charge is 2.16. The van der Waals surface area contributed by atoms with E-state index >= 15 is 0 Å². The number of ether oxygens (including phenoxy) is 1. The van der Waals surface area contributed by atoms with Gasteiger partial charge in [0.25, 0.3) is 0 Å². The van der Waals surface area contributed by atoms with Crippen LogP contribution in [0, 0.1) is 0 Å². The second-order valence-electron chi connectivity index (χ2n) is 6.39. The van der Waals surface area contributed by atoms with Crippen LogP contribution < -0.4 is 9.64 Å². The molecule has 0 saturated heterocycles. The minimum atomic E-state index is 0.252. The number of pyridine rings is 1. The van der Waals surface area contributed by atoms with Crippen LogP contribution in [0.2, 0.25) is 0 Å². The van der Waals surface area contributed by atoms with Crippen molar-refractivity contribution < 1.29 is 9.84 Å². The number of H-pyrrole nitrogens is 1. The summed E-state index contributed by atoms with van der Waals surface area (Å²) in [6.07, 6.45) is 3.80. The summed E-state index contributed by atoms with van der Waals surface area (Å²) in [5.41, 5.74) is 3.91. The van der Waals surface area contributed by atoms with E-state index in [2.05, 4.69) is 27.0 Å². The molecule has 136 valence electrons. The zero-order valence-electron chi connectivity index (χ0n) is 15.1. The fourth-order valence-electron chi connectivity index (χ4n) is 3.25. The lowest BCUT2D eigenvalue weighted by Gasteiger charge is -2.24. The molecule has 27 heavy (non-hydrogen) atoms. The Morgan fingerprint density at radius 3 is 2.70 bits per heavy atom. The number of aromatic amines is 1. The summed E-state index contributed by atoms with van der Waals surface area (Å²) in [5, 5.41) is 11.5. The summed E-state index contributed by atoms with van der Waals surface area (Å²) in [4.78, 5) is 10.00. The average molecular weight is 359 g/mol. The number of aromatic nitrogens is 2. The highest BCUT2D eigenvalue weighted by atomic mass is 16.5. The van der Waals surface area contributed by atoms with Crippen LogP contribution in [0.5, 0.6) is 11.5 Å². The van der Waals surface area contributed by atoms with Crippen LogP contribution in [0.25, 0.3) is 10.9 Å². The predicted octanol–water partition coefficient (Wildman–Crippen LogP) is 4.48. The lowest BCUT2D eigenvalue weighted by atomic mass is 10.1. The molecule has 0 aliphatic rings. The normalized spacial score (nSPS) is 10.9. The van der Waals surface area contributed by atoms with Gasteiger partial charge in [-0.1, -0.05) is 24.3 Å². The smallest absolute Gasteiger partial charge is 0.120 e. The number of phenols is 1. The van der Waals surface area contributed by atoms with Crippen molar-refractivity contribution in [1.29, 1.82) is 0 Å². The first-order chi connectivity index (χ1) is 13.2. The molecule has 0 atom stereocenters. The van der Waals surface area contributed by atoms with Crippen molar-refractivity contribution in [2.45, 2.75) is 13.1 Å². The van der Waals surface area contributed by atoms with E-state index in [1.54, 1.807) is 25.4 Å². The van der Waals surface area contributed by atoms with Crippen LogP contribution in [-0.4, -0.2) is 22.2 Å². The number of benzene rings is 2. The van der Waals surface area contributed by atoms with Gasteiger partial charge in [0.05, 0.1) is 25.0 Å². The summed E-state index contributed by atoms with van der Waals surface area (Å²) in [6.45, 7) is 1.15. The number of fused-ring (bicyclic) bond motifs is 1. The summed E-state index contributed by atoms with van der Waals surface area (Å²) in [7, 11) is 1.63. The minimum absolute atomic E-state index is 0.252. The van der Waals surface area contributed by atoms with Crippen molar-refractivity contribution in [2.24, 2.45) is 0 Å². The van der Waals surface area contributed by atoms with Crippen LogP contribution in [0.15, 0.2) is 73.1 Å². The lowest BCUT2D eigenvalue weighted by Crippen LogP contribution is -2.22. The van der Waals surface area contributed by atoms with E-state index in [4.69, 9.17) is 4.74 Å². The van der Waals surface area contributed by atoms with Gasteiger partial charge in [0.2, 0.25) is 0 Å². The van der Waals surface area contributed by atoms with Gasteiger partial charge in [-0.2, -0.15) is 0 Å². The summed E-state index contributed by atoms with van der Waals surface area (Å²) < 4.78 is 5.32. The van der Waals surface area contributed by atoms with E-state index in [9.17, 15) is 5.11 Å². The highest BCUT2D eigenvalue weighted by Crippen LogP contribution is 2.31. The van der Waals surface area contributed by atoms with E-state index in [1.807, 2.05) is 42.6 Å². The Hall–Kier alpha value is -3.47. The van der Waals surface area contributed by atoms with Gasteiger partial charge >= 0.3 is 0 Å². The van der Waals surface area contributed by atoms with Gasteiger partial charge in [0, 0.05) is 35.4 Å². The van der Waals surface area contributed by atoms with Gasteiger partial charge in [-0.15, -0.1) is 0 Å². The van der Waals surface area contributed by atoms with E-state index in [-0.39, 0.29) is 5.75 Å². The van der Waals surface area contributed by atoms with Crippen molar-refractivity contribution in [1.82, 2.24) is 9.97 Å². The average Bonchev–Trinajstić information content (AvgIpc) is 3.14. The van der Waals surface area contributed by atoms with Crippen molar-refractivity contribution in [3.8, 4) is 11.5 Å². The predicted molar refractivity (Wildman–Crippen MR) is 107 cm³/mol. The largest absolute Gasteiger partial charge is 0.508 e. The van der Waals surface area contributed by atoms with Crippen LogP contribution in [0.3, 0.4) is 0 Å². The van der Waals surface area contributed by atoms with Crippen LogP contribution in [0.1, 0.15) is 11.3 Å². The van der Waals surface area contributed by atoms with Crippen molar-refractivity contribution in [3.05, 3.63) is 84.3 Å². The quantitative estimate of drug-likeness (QED) is 0.533. The SMILES string of the molecule is COc1ccc(O)c(CN(Cc2ccccn2)c2c[nH]c3ccccc23)c1. The number of rotatable bonds is 6. The van der Waals surface area contributed by atoms with E-state index in [0.29, 0.717) is 13.1 Å². The molecule has 5 nitrogen and oxygen atoms in total. The molecule has 4 aromatic rings. The molecule has 4 rings (SSSR count). The van der Waals surface area contributed by atoms with Crippen LogP contribution >= 0.6 is 0 Å². The molecule has 5 heteroatoms. The Morgan fingerprint density at radius 1 is 1.04 bits per heavy atom. The molecule has 2 aromatic carbocycles. The molecule has 2 N–H and O–H groups in total. The topological polar surface area (TPSA) is 61.4 Å². The molecule has 2 heterocycles. The first kappa shape index (κ1) is 17.0. The number of methoxy groups -OCH3 is 1. The molecule has 0 aliphatic carbocycles. The molecule has 0 aliphatic heterocycles. The third-order valence-corrected chi connectivity index (χ3v) is 4.63. The van der Waals surface area contributed by atoms with Crippen molar-refractivity contribution in [3.63, 3.8) is 0 Å². The lowest BCUT2D eigenvalue weighted by molar-refractivity contribution is 0.410. The number of para-hydroxylation sites is 1. The number of hydrogen-bond acceptors (Lipinski definition) is 4. The second kappa shape index (κ2) is 7.41. The summed E-state index contributed by atoms with van der Waals surface area (Å²) in [6, 6.07) is 19.4. The monoisotopic (exact) mass is 359 g/mol. The zero-order chi connectivity index (χ0) is 18.6. The second-order valence-corrected chi connectivity index (χ2v) is 6.39. The maximum Gasteiger partial charge on any atom is 0.120 e. The Morgan fingerprint density at radius 2 is 1.89 bits per heavy atom. The number of anilines is 1. The molecule has 0 fully saturated rings. The number of phenolic OH excluding ortho intramolecular Hbond substituents is 1. The van der Waals surface area contributed by atoms with Gasteiger partial charge in [-0.05, 0) is 36.4 Å². The maximum atomic E-state index is 10.4. The molecular weight excluding hydrogens is 338 g/mol. The van der Waals surface area contributed by atoms with E-state index in [0.717, 1.165) is 33.6 Å². The number of aromatic hydroxyl groups is 1. The standard InChI is InChI=1S/C22H21N3O2/c1-27-18-9-10-22(26)16(12-18)14-25(15-17-6-4-5-11-23-17)21-13-24-20-8-3-2-7-19(20)21/h2-13,24,26H,14-15H2,1H3. The molecule has 0 saturated carbocycles. The Labute approximate surface area is 157 Å². The van der Waals surface area contributed by atoms with E-state index < -0.39 is 0 Å². The van der Waals surface area contributed by atoms with Crippen molar-refractivity contribution in [2.75, 3.05) is 12.0 Å². The maximum absolute atomic E-state index is 10.4. The number of hydrogen-bond donors (Lipinski definition) is 2. The number of nitrogens with zero attached hydrogens (tertiary/aromatic N) is 2. The van der Waals surface area contributed by atoms with Gasteiger partial charge in [0.15, 0.2) is 0 Å². The van der Waals surface area contributed by atoms with E-state index in [1.165, 1.54) is 0 Å². The molecule has 0 bridgehead atoms. The Balaban J connectivity index is 1.74.